The Hall–Kier alpha value is -0.870. The van der Waals surface area contributed by atoms with Gasteiger partial charge in [0, 0.05) is 6.42 Å². The summed E-state index contributed by atoms with van der Waals surface area (Å²) in [4.78, 5) is 12.5. The van der Waals surface area contributed by atoms with Gasteiger partial charge >= 0.3 is 0 Å². The van der Waals surface area contributed by atoms with Crippen molar-refractivity contribution in [1.29, 1.82) is 0 Å². The highest BCUT2D eigenvalue weighted by atomic mass is 16.3. The molecule has 0 saturated carbocycles. The molecule has 0 bridgehead atoms. The molecular formula is C69H137NO3. The van der Waals surface area contributed by atoms with Crippen molar-refractivity contribution in [2.75, 3.05) is 6.61 Å². The minimum absolute atomic E-state index is 0.0532. The van der Waals surface area contributed by atoms with Gasteiger partial charge in [0.1, 0.15) is 0 Å². The number of amides is 1. The third-order valence-electron chi connectivity index (χ3n) is 16.5. The molecule has 4 heteroatoms. The Labute approximate surface area is 460 Å². The second-order valence-electron chi connectivity index (χ2n) is 24.0. The molecule has 436 valence electrons. The molecule has 3 N–H and O–H groups in total. The van der Waals surface area contributed by atoms with Gasteiger partial charge in [-0.05, 0) is 19.3 Å². The van der Waals surface area contributed by atoms with Crippen molar-refractivity contribution in [3.8, 4) is 0 Å². The first-order valence-electron chi connectivity index (χ1n) is 34.4. The Balaban J connectivity index is 3.40. The minimum atomic E-state index is -0.837. The van der Waals surface area contributed by atoms with Crippen LogP contribution in [-0.4, -0.2) is 34.9 Å². The number of aliphatic hydroxyl groups excluding tert-OH is 2. The van der Waals surface area contributed by atoms with Gasteiger partial charge in [0.25, 0.3) is 0 Å². The first-order chi connectivity index (χ1) is 36.2. The lowest BCUT2D eigenvalue weighted by Gasteiger charge is -2.20. The zero-order valence-corrected chi connectivity index (χ0v) is 50.5. The Bertz CT molecular complexity index is 1030. The molecule has 0 aromatic rings. The molecule has 1 amide bonds. The maximum atomic E-state index is 12.5. The van der Waals surface area contributed by atoms with Gasteiger partial charge in [0.2, 0.25) is 5.91 Å². The number of carbonyl (C=O) groups excluding carboxylic acids is 1. The first kappa shape index (κ1) is 72.1. The van der Waals surface area contributed by atoms with E-state index < -0.39 is 12.1 Å². The molecule has 2 unspecified atom stereocenters. The molecule has 0 heterocycles. The van der Waals surface area contributed by atoms with Gasteiger partial charge in [-0.3, -0.25) is 4.79 Å². The smallest absolute Gasteiger partial charge is 0.220 e. The van der Waals surface area contributed by atoms with Crippen LogP contribution in [0, 0.1) is 0 Å². The normalized spacial score (nSPS) is 12.7. The summed E-state index contributed by atoms with van der Waals surface area (Å²) in [7, 11) is 0. The van der Waals surface area contributed by atoms with Crippen LogP contribution in [0.3, 0.4) is 0 Å². The Morgan fingerprint density at radius 1 is 0.315 bits per heavy atom. The summed E-state index contributed by atoms with van der Waals surface area (Å²) in [5.41, 5.74) is 0. The lowest BCUT2D eigenvalue weighted by molar-refractivity contribution is -0.123. The van der Waals surface area contributed by atoms with Gasteiger partial charge < -0.3 is 15.5 Å². The fourth-order valence-electron chi connectivity index (χ4n) is 11.3. The van der Waals surface area contributed by atoms with Crippen molar-refractivity contribution in [1.82, 2.24) is 5.32 Å². The van der Waals surface area contributed by atoms with Crippen molar-refractivity contribution in [2.45, 2.75) is 418 Å². The fraction of sp³-hybridized carbons (Fsp3) is 0.957. The topological polar surface area (TPSA) is 69.6 Å². The van der Waals surface area contributed by atoms with Crippen LogP contribution >= 0.6 is 0 Å². The van der Waals surface area contributed by atoms with Crippen LogP contribution in [0.5, 0.6) is 0 Å². The molecule has 0 fully saturated rings. The molecule has 0 saturated heterocycles. The van der Waals surface area contributed by atoms with Crippen LogP contribution in [0.4, 0.5) is 0 Å². The van der Waals surface area contributed by atoms with Crippen LogP contribution < -0.4 is 5.32 Å². The molecule has 0 spiro atoms. The van der Waals surface area contributed by atoms with E-state index in [2.05, 4.69) is 19.2 Å². The average molecular weight is 1030 g/mol. The van der Waals surface area contributed by atoms with Crippen LogP contribution in [0.15, 0.2) is 12.2 Å². The Kier molecular flexibility index (Phi) is 64.6. The zero-order chi connectivity index (χ0) is 52.7. The van der Waals surface area contributed by atoms with E-state index in [9.17, 15) is 15.0 Å². The zero-order valence-electron chi connectivity index (χ0n) is 50.5. The molecule has 73 heavy (non-hydrogen) atoms. The van der Waals surface area contributed by atoms with Crippen LogP contribution in [0.25, 0.3) is 0 Å². The van der Waals surface area contributed by atoms with Crippen LogP contribution in [0.1, 0.15) is 406 Å². The summed E-state index contributed by atoms with van der Waals surface area (Å²) in [5.74, 6) is -0.0532. The van der Waals surface area contributed by atoms with E-state index in [1.807, 2.05) is 6.08 Å². The fourth-order valence-corrected chi connectivity index (χ4v) is 11.3. The molecule has 0 aliphatic heterocycles. The Morgan fingerprint density at radius 3 is 0.712 bits per heavy atom. The third kappa shape index (κ3) is 61.9. The number of aliphatic hydroxyl groups is 2. The van der Waals surface area contributed by atoms with Gasteiger partial charge in [-0.1, -0.05) is 392 Å². The van der Waals surface area contributed by atoms with E-state index in [0.29, 0.717) is 6.42 Å². The quantitative estimate of drug-likeness (QED) is 0.0420. The molecular weight excluding hydrogens is 891 g/mol. The van der Waals surface area contributed by atoms with E-state index in [1.165, 1.54) is 360 Å². The maximum absolute atomic E-state index is 12.5. The molecule has 0 aromatic carbocycles. The standard InChI is InChI=1S/C69H137NO3/c1-3-5-7-9-11-13-15-17-19-21-23-25-27-29-31-33-34-35-37-38-40-42-44-46-48-50-52-54-56-58-60-62-64-68(72)67(66-71)70-69(73)65-63-61-59-57-55-53-51-49-47-45-43-41-39-36-32-30-28-26-24-22-20-18-16-14-12-10-8-6-4-2/h62,64,67-68,71-72H,3-61,63,65-66H2,1-2H3,(H,70,73)/b64-62+. The SMILES string of the molecule is CCCCCCCCCCCCCCCCCCCCCCCCCCCCCCCC/C=C/C(O)C(CO)NC(=O)CCCCCCCCCCCCCCCCCCCCCCCCCCCCCCC. The largest absolute Gasteiger partial charge is 0.394 e. The molecule has 0 radical (unpaired) electrons. The summed E-state index contributed by atoms with van der Waals surface area (Å²) < 4.78 is 0. The molecule has 0 aliphatic carbocycles. The summed E-state index contributed by atoms with van der Waals surface area (Å²) in [6.07, 6.45) is 87.3. The number of allylic oxidation sites excluding steroid dienone is 1. The highest BCUT2D eigenvalue weighted by Gasteiger charge is 2.18. The van der Waals surface area contributed by atoms with Crippen molar-refractivity contribution < 1.29 is 15.0 Å². The van der Waals surface area contributed by atoms with Crippen LogP contribution in [-0.2, 0) is 4.79 Å². The summed E-state index contributed by atoms with van der Waals surface area (Å²) in [5, 5.41) is 23.3. The molecule has 0 aromatic heterocycles. The number of hydrogen-bond donors (Lipinski definition) is 3. The first-order valence-corrected chi connectivity index (χ1v) is 34.4. The van der Waals surface area contributed by atoms with Crippen molar-refractivity contribution in [3.63, 3.8) is 0 Å². The summed E-state index contributed by atoms with van der Waals surface area (Å²) in [6, 6.07) is -0.620. The summed E-state index contributed by atoms with van der Waals surface area (Å²) in [6.45, 7) is 4.37. The van der Waals surface area contributed by atoms with E-state index >= 15 is 0 Å². The lowest BCUT2D eigenvalue weighted by atomic mass is 10.0. The summed E-state index contributed by atoms with van der Waals surface area (Å²) >= 11 is 0. The molecule has 0 rings (SSSR count). The Morgan fingerprint density at radius 2 is 0.507 bits per heavy atom. The second kappa shape index (κ2) is 65.4. The predicted molar refractivity (Wildman–Crippen MR) is 327 cm³/mol. The number of rotatable bonds is 65. The average Bonchev–Trinajstić information content (AvgIpc) is 3.40. The van der Waals surface area contributed by atoms with E-state index in [-0.39, 0.29) is 12.5 Å². The van der Waals surface area contributed by atoms with E-state index in [4.69, 9.17) is 0 Å². The number of unbranched alkanes of at least 4 members (excludes halogenated alkanes) is 58. The number of nitrogens with one attached hydrogen (secondary N) is 1. The minimum Gasteiger partial charge on any atom is -0.394 e. The maximum Gasteiger partial charge on any atom is 0.220 e. The third-order valence-corrected chi connectivity index (χ3v) is 16.5. The van der Waals surface area contributed by atoms with Gasteiger partial charge in [-0.2, -0.15) is 0 Å². The van der Waals surface area contributed by atoms with Crippen molar-refractivity contribution in [2.24, 2.45) is 0 Å². The van der Waals surface area contributed by atoms with E-state index in [1.54, 1.807) is 6.08 Å². The van der Waals surface area contributed by atoms with Crippen molar-refractivity contribution in [3.05, 3.63) is 12.2 Å². The van der Waals surface area contributed by atoms with Crippen LogP contribution in [0.2, 0.25) is 0 Å². The number of hydrogen-bond acceptors (Lipinski definition) is 3. The van der Waals surface area contributed by atoms with E-state index in [0.717, 1.165) is 25.7 Å². The molecule has 2 atom stereocenters. The second-order valence-corrected chi connectivity index (χ2v) is 24.0. The predicted octanol–water partition coefficient (Wildman–Crippen LogP) is 23.2. The van der Waals surface area contributed by atoms with Crippen molar-refractivity contribution >= 4 is 5.91 Å². The van der Waals surface area contributed by atoms with Gasteiger partial charge in [-0.15, -0.1) is 0 Å². The van der Waals surface area contributed by atoms with Gasteiger partial charge in [-0.25, -0.2) is 0 Å². The lowest BCUT2D eigenvalue weighted by Crippen LogP contribution is -2.45. The molecule has 0 aliphatic rings. The van der Waals surface area contributed by atoms with Gasteiger partial charge in [0.15, 0.2) is 0 Å². The van der Waals surface area contributed by atoms with Gasteiger partial charge in [0.05, 0.1) is 18.8 Å². The number of carbonyl (C=O) groups is 1. The highest BCUT2D eigenvalue weighted by Crippen LogP contribution is 2.20. The highest BCUT2D eigenvalue weighted by molar-refractivity contribution is 5.76. The monoisotopic (exact) mass is 1030 g/mol. The molecule has 4 nitrogen and oxygen atoms in total.